The second-order valence-corrected chi connectivity index (χ2v) is 4.80. The molecule has 2 aromatic heterocycles. The molecular weight excluding hydrogens is 234 g/mol. The fraction of sp³-hybridized carbons (Fsp3) is 0.250. The van der Waals surface area contributed by atoms with Gasteiger partial charge in [-0.05, 0) is 35.6 Å². The van der Waals surface area contributed by atoms with Crippen molar-refractivity contribution in [2.24, 2.45) is 0 Å². The minimum absolute atomic E-state index is 0.193. The topological polar surface area (TPSA) is 54.9 Å². The fourth-order valence-corrected chi connectivity index (χ4v) is 2.01. The number of amides is 1. The molecule has 0 saturated carbocycles. The fourth-order valence-electron chi connectivity index (χ4n) is 1.30. The zero-order valence-electron chi connectivity index (χ0n) is 9.68. The third kappa shape index (κ3) is 2.88. The van der Waals surface area contributed by atoms with Crippen molar-refractivity contribution in [1.82, 2.24) is 9.36 Å². The Kier molecular flexibility index (Phi) is 3.49. The molecule has 2 heterocycles. The molecule has 0 unspecified atom stereocenters. The average Bonchev–Trinajstić information content (AvgIpc) is 2.79. The largest absolute Gasteiger partial charge is 0.319 e. The van der Waals surface area contributed by atoms with Crippen LogP contribution in [-0.2, 0) is 0 Å². The number of nitrogens with zero attached hydrogens (tertiary/aromatic N) is 2. The Morgan fingerprint density at radius 3 is 2.88 bits per heavy atom. The molecule has 0 saturated heterocycles. The molecule has 2 rings (SSSR count). The van der Waals surface area contributed by atoms with E-state index in [1.807, 2.05) is 6.07 Å². The van der Waals surface area contributed by atoms with Gasteiger partial charge in [-0.25, -0.2) is 0 Å². The molecule has 4 nitrogen and oxygen atoms in total. The predicted molar refractivity (Wildman–Crippen MR) is 68.4 cm³/mol. The molecular formula is C12H13N3OS. The summed E-state index contributed by atoms with van der Waals surface area (Å²) in [5.74, 6) is 0.202. The van der Waals surface area contributed by atoms with Crippen molar-refractivity contribution in [1.29, 1.82) is 0 Å². The summed E-state index contributed by atoms with van der Waals surface area (Å²) in [5.41, 5.74) is 1.14. The van der Waals surface area contributed by atoms with Crippen molar-refractivity contribution in [2.75, 3.05) is 5.32 Å². The summed E-state index contributed by atoms with van der Waals surface area (Å²) in [5, 5.41) is 2.75. The van der Waals surface area contributed by atoms with Crippen LogP contribution in [0.5, 0.6) is 0 Å². The number of hydrogen-bond donors (Lipinski definition) is 1. The first-order chi connectivity index (χ1) is 8.16. The van der Waals surface area contributed by atoms with Crippen LogP contribution in [0.3, 0.4) is 0 Å². The number of anilines is 1. The van der Waals surface area contributed by atoms with Crippen LogP contribution in [0.25, 0.3) is 0 Å². The number of nitrogens with one attached hydrogen (secondary N) is 1. The van der Waals surface area contributed by atoms with E-state index in [2.05, 4.69) is 28.5 Å². The van der Waals surface area contributed by atoms with Gasteiger partial charge in [0.05, 0.1) is 11.9 Å². The lowest BCUT2D eigenvalue weighted by atomic mass is 10.2. The molecule has 0 aliphatic rings. The summed E-state index contributed by atoms with van der Waals surface area (Å²) >= 11 is 1.37. The third-order valence-electron chi connectivity index (χ3n) is 2.25. The van der Waals surface area contributed by atoms with Crippen molar-refractivity contribution in [2.45, 2.75) is 19.8 Å². The highest BCUT2D eigenvalue weighted by atomic mass is 32.1. The Morgan fingerprint density at radius 1 is 1.47 bits per heavy atom. The molecule has 5 heteroatoms. The first kappa shape index (κ1) is 11.7. The SMILES string of the molecule is CC(C)c1cc(C(=O)Nc2cccnc2)ns1. The zero-order chi connectivity index (χ0) is 12.3. The summed E-state index contributed by atoms with van der Waals surface area (Å²) < 4.78 is 4.14. The first-order valence-electron chi connectivity index (χ1n) is 5.35. The van der Waals surface area contributed by atoms with Crippen molar-refractivity contribution in [3.8, 4) is 0 Å². The molecule has 0 bridgehead atoms. The van der Waals surface area contributed by atoms with Gasteiger partial charge in [-0.2, -0.15) is 4.37 Å². The molecule has 0 aliphatic heterocycles. The molecule has 0 spiro atoms. The molecule has 0 aliphatic carbocycles. The van der Waals surface area contributed by atoms with E-state index in [0.717, 1.165) is 4.88 Å². The van der Waals surface area contributed by atoms with Crippen LogP contribution in [-0.4, -0.2) is 15.3 Å². The molecule has 2 aromatic rings. The Bertz CT molecular complexity index is 507. The van der Waals surface area contributed by atoms with Crippen molar-refractivity contribution < 1.29 is 4.79 Å². The number of aromatic nitrogens is 2. The van der Waals surface area contributed by atoms with Crippen LogP contribution in [0.2, 0.25) is 0 Å². The van der Waals surface area contributed by atoms with Crippen LogP contribution in [0.4, 0.5) is 5.69 Å². The lowest BCUT2D eigenvalue weighted by molar-refractivity contribution is 0.102. The Balaban J connectivity index is 2.10. The highest BCUT2D eigenvalue weighted by Crippen LogP contribution is 2.20. The van der Waals surface area contributed by atoms with Gasteiger partial charge in [-0.3, -0.25) is 9.78 Å². The average molecular weight is 247 g/mol. The number of carbonyl (C=O) groups is 1. The maximum Gasteiger partial charge on any atom is 0.275 e. The molecule has 88 valence electrons. The summed E-state index contributed by atoms with van der Waals surface area (Å²) in [6.07, 6.45) is 3.27. The van der Waals surface area contributed by atoms with E-state index in [1.165, 1.54) is 11.5 Å². The minimum atomic E-state index is -0.193. The monoisotopic (exact) mass is 247 g/mol. The number of carbonyl (C=O) groups excluding carboxylic acids is 1. The standard InChI is InChI=1S/C12H13N3OS/c1-8(2)11-6-10(15-17-11)12(16)14-9-4-3-5-13-7-9/h3-8H,1-2H3,(H,14,16). The Hall–Kier alpha value is -1.75. The van der Waals surface area contributed by atoms with Gasteiger partial charge in [0, 0.05) is 11.1 Å². The normalized spacial score (nSPS) is 10.5. The second kappa shape index (κ2) is 5.05. The zero-order valence-corrected chi connectivity index (χ0v) is 10.5. The highest BCUT2D eigenvalue weighted by molar-refractivity contribution is 7.06. The van der Waals surface area contributed by atoms with Gasteiger partial charge in [0.15, 0.2) is 0 Å². The van der Waals surface area contributed by atoms with Crippen LogP contribution in [0.15, 0.2) is 30.6 Å². The Labute approximate surface area is 104 Å². The van der Waals surface area contributed by atoms with Crippen LogP contribution < -0.4 is 5.32 Å². The van der Waals surface area contributed by atoms with E-state index < -0.39 is 0 Å². The van der Waals surface area contributed by atoms with Crippen LogP contribution in [0.1, 0.15) is 35.1 Å². The van der Waals surface area contributed by atoms with E-state index in [-0.39, 0.29) is 5.91 Å². The lowest BCUT2D eigenvalue weighted by Crippen LogP contribution is -2.12. The van der Waals surface area contributed by atoms with Crippen LogP contribution in [0, 0.1) is 0 Å². The number of rotatable bonds is 3. The van der Waals surface area contributed by atoms with Gasteiger partial charge >= 0.3 is 0 Å². The second-order valence-electron chi connectivity index (χ2n) is 3.97. The molecule has 0 fully saturated rings. The van der Waals surface area contributed by atoms with E-state index in [9.17, 15) is 4.79 Å². The van der Waals surface area contributed by atoms with Gasteiger partial charge in [0.1, 0.15) is 5.69 Å². The van der Waals surface area contributed by atoms with Gasteiger partial charge in [0.25, 0.3) is 5.91 Å². The van der Waals surface area contributed by atoms with E-state index >= 15 is 0 Å². The smallest absolute Gasteiger partial charge is 0.275 e. The van der Waals surface area contributed by atoms with Crippen molar-refractivity contribution in [3.05, 3.63) is 41.2 Å². The predicted octanol–water partition coefficient (Wildman–Crippen LogP) is 2.91. The third-order valence-corrected chi connectivity index (χ3v) is 3.34. The van der Waals surface area contributed by atoms with E-state index in [1.54, 1.807) is 24.5 Å². The maximum atomic E-state index is 11.9. The number of pyridine rings is 1. The van der Waals surface area contributed by atoms with Gasteiger partial charge in [-0.1, -0.05) is 13.8 Å². The lowest BCUT2D eigenvalue weighted by Gasteiger charge is -2.01. The highest BCUT2D eigenvalue weighted by Gasteiger charge is 2.12. The van der Waals surface area contributed by atoms with Crippen LogP contribution >= 0.6 is 11.5 Å². The molecule has 17 heavy (non-hydrogen) atoms. The Morgan fingerprint density at radius 2 is 2.29 bits per heavy atom. The van der Waals surface area contributed by atoms with E-state index in [4.69, 9.17) is 0 Å². The summed E-state index contributed by atoms with van der Waals surface area (Å²) in [6, 6.07) is 5.40. The van der Waals surface area contributed by atoms with E-state index in [0.29, 0.717) is 17.3 Å². The molecule has 1 amide bonds. The quantitative estimate of drug-likeness (QED) is 0.907. The molecule has 0 aromatic carbocycles. The van der Waals surface area contributed by atoms with Crippen molar-refractivity contribution in [3.63, 3.8) is 0 Å². The summed E-state index contributed by atoms with van der Waals surface area (Å²) in [4.78, 5) is 16.9. The molecule has 1 N–H and O–H groups in total. The van der Waals surface area contributed by atoms with Gasteiger partial charge in [0.2, 0.25) is 0 Å². The van der Waals surface area contributed by atoms with Gasteiger partial charge in [-0.15, -0.1) is 0 Å². The minimum Gasteiger partial charge on any atom is -0.319 e. The molecule has 0 radical (unpaired) electrons. The van der Waals surface area contributed by atoms with Gasteiger partial charge < -0.3 is 5.32 Å². The molecule has 0 atom stereocenters. The summed E-state index contributed by atoms with van der Waals surface area (Å²) in [7, 11) is 0. The first-order valence-corrected chi connectivity index (χ1v) is 6.12. The number of hydrogen-bond acceptors (Lipinski definition) is 4. The summed E-state index contributed by atoms with van der Waals surface area (Å²) in [6.45, 7) is 4.16. The van der Waals surface area contributed by atoms with Crippen molar-refractivity contribution >= 4 is 23.1 Å². The maximum absolute atomic E-state index is 11.9.